The summed E-state index contributed by atoms with van der Waals surface area (Å²) in [6.45, 7) is 3.42. The molecule has 3 N–H and O–H groups in total. The van der Waals surface area contributed by atoms with E-state index in [4.69, 9.17) is 16.3 Å². The standard InChI is InChI=1S/C24H21ClFN7O2/c1-4-22(34)29-15-6-7-19(26)20(10-15)31-23-17(14-5-8-21(35-3)18(25)9-14)12-27-24(32-23)30-16-11-28-33(2)13-16/h4-13H,1H2,2-3H3,(H,29,34)(H2,27,30,31,32). The van der Waals surface area contributed by atoms with E-state index in [1.807, 2.05) is 0 Å². The van der Waals surface area contributed by atoms with Crippen molar-refractivity contribution in [2.75, 3.05) is 23.1 Å². The van der Waals surface area contributed by atoms with Crippen molar-refractivity contribution >= 4 is 46.3 Å². The number of benzene rings is 2. The normalized spacial score (nSPS) is 10.5. The first-order valence-electron chi connectivity index (χ1n) is 10.3. The van der Waals surface area contributed by atoms with Crippen LogP contribution in [0.25, 0.3) is 11.1 Å². The highest BCUT2D eigenvalue weighted by Crippen LogP contribution is 2.35. The summed E-state index contributed by atoms with van der Waals surface area (Å²) in [4.78, 5) is 20.6. The van der Waals surface area contributed by atoms with Gasteiger partial charge in [0.2, 0.25) is 11.9 Å². The van der Waals surface area contributed by atoms with Gasteiger partial charge in [-0.05, 0) is 42.0 Å². The van der Waals surface area contributed by atoms with Crippen molar-refractivity contribution in [3.63, 3.8) is 0 Å². The van der Waals surface area contributed by atoms with Gasteiger partial charge in [-0.2, -0.15) is 10.1 Å². The van der Waals surface area contributed by atoms with Crippen molar-refractivity contribution in [2.24, 2.45) is 7.05 Å². The number of anilines is 5. The fraction of sp³-hybridized carbons (Fsp3) is 0.0833. The molecule has 4 aromatic rings. The minimum absolute atomic E-state index is 0.0961. The molecule has 0 spiro atoms. The molecule has 2 heterocycles. The van der Waals surface area contributed by atoms with Gasteiger partial charge >= 0.3 is 0 Å². The predicted molar refractivity (Wildman–Crippen MR) is 134 cm³/mol. The Balaban J connectivity index is 1.75. The summed E-state index contributed by atoms with van der Waals surface area (Å²) in [5.74, 6) is 0.123. The highest BCUT2D eigenvalue weighted by atomic mass is 35.5. The van der Waals surface area contributed by atoms with Crippen LogP contribution >= 0.6 is 11.6 Å². The fourth-order valence-electron chi connectivity index (χ4n) is 3.22. The Morgan fingerprint density at radius 2 is 2.00 bits per heavy atom. The molecule has 0 aliphatic rings. The molecule has 2 aromatic heterocycles. The van der Waals surface area contributed by atoms with E-state index in [0.717, 1.165) is 6.08 Å². The molecule has 178 valence electrons. The zero-order chi connectivity index (χ0) is 24.9. The molecule has 2 aromatic carbocycles. The zero-order valence-electron chi connectivity index (χ0n) is 18.8. The predicted octanol–water partition coefficient (Wildman–Crippen LogP) is 5.29. The van der Waals surface area contributed by atoms with Crippen LogP contribution < -0.4 is 20.7 Å². The number of amides is 1. The number of carbonyl (C=O) groups is 1. The van der Waals surface area contributed by atoms with Gasteiger partial charge in [0.1, 0.15) is 17.4 Å². The highest BCUT2D eigenvalue weighted by molar-refractivity contribution is 6.32. The lowest BCUT2D eigenvalue weighted by Crippen LogP contribution is -2.08. The smallest absolute Gasteiger partial charge is 0.247 e. The molecule has 0 fully saturated rings. The van der Waals surface area contributed by atoms with Crippen LogP contribution in [0.4, 0.5) is 33.2 Å². The van der Waals surface area contributed by atoms with Crippen LogP contribution in [0.5, 0.6) is 5.75 Å². The SMILES string of the molecule is C=CC(=O)Nc1ccc(F)c(Nc2nc(Nc3cnn(C)c3)ncc2-c2ccc(OC)c(Cl)c2)c1. The lowest BCUT2D eigenvalue weighted by Gasteiger charge is -2.15. The van der Waals surface area contributed by atoms with Crippen LogP contribution in [0.2, 0.25) is 5.02 Å². The van der Waals surface area contributed by atoms with Gasteiger partial charge < -0.3 is 20.7 Å². The maximum atomic E-state index is 14.7. The Morgan fingerprint density at radius 1 is 1.17 bits per heavy atom. The van der Waals surface area contributed by atoms with Crippen LogP contribution in [0, 0.1) is 5.82 Å². The molecule has 0 atom stereocenters. The van der Waals surface area contributed by atoms with Crippen LogP contribution in [-0.4, -0.2) is 32.8 Å². The molecular weight excluding hydrogens is 473 g/mol. The first kappa shape index (κ1) is 23.7. The number of halogens is 2. The average Bonchev–Trinajstić information content (AvgIpc) is 3.25. The lowest BCUT2D eigenvalue weighted by molar-refractivity contribution is -0.111. The summed E-state index contributed by atoms with van der Waals surface area (Å²) in [6, 6.07) is 9.35. The number of nitrogens with one attached hydrogen (secondary N) is 3. The maximum Gasteiger partial charge on any atom is 0.247 e. The molecule has 0 saturated heterocycles. The quantitative estimate of drug-likeness (QED) is 0.286. The van der Waals surface area contributed by atoms with E-state index in [9.17, 15) is 9.18 Å². The molecule has 0 saturated carbocycles. The van der Waals surface area contributed by atoms with Crippen LogP contribution in [0.3, 0.4) is 0 Å². The van der Waals surface area contributed by atoms with Crippen molar-refractivity contribution in [3.8, 4) is 16.9 Å². The number of aryl methyl sites for hydroxylation is 1. The van der Waals surface area contributed by atoms with Crippen LogP contribution in [-0.2, 0) is 11.8 Å². The molecule has 0 unspecified atom stereocenters. The summed E-state index contributed by atoms with van der Waals surface area (Å²) in [7, 11) is 3.31. The molecule has 9 nitrogen and oxygen atoms in total. The van der Waals surface area contributed by atoms with Gasteiger partial charge in [0.25, 0.3) is 0 Å². The van der Waals surface area contributed by atoms with Crippen LogP contribution in [0.15, 0.2) is 67.6 Å². The van der Waals surface area contributed by atoms with Gasteiger partial charge in [0.05, 0.1) is 29.7 Å². The summed E-state index contributed by atoms with van der Waals surface area (Å²) >= 11 is 6.32. The number of nitrogens with zero attached hydrogens (tertiary/aromatic N) is 4. The van der Waals surface area contributed by atoms with Gasteiger partial charge in [0.15, 0.2) is 0 Å². The van der Waals surface area contributed by atoms with E-state index >= 15 is 0 Å². The Bertz CT molecular complexity index is 1410. The summed E-state index contributed by atoms with van der Waals surface area (Å²) in [5.41, 5.74) is 2.40. The van der Waals surface area contributed by atoms with E-state index < -0.39 is 11.7 Å². The minimum Gasteiger partial charge on any atom is -0.495 e. The number of carbonyl (C=O) groups excluding carboxylic acids is 1. The molecular formula is C24H21ClFN7O2. The molecule has 35 heavy (non-hydrogen) atoms. The molecule has 1 amide bonds. The molecule has 0 aliphatic carbocycles. The van der Waals surface area contributed by atoms with Gasteiger partial charge in [-0.3, -0.25) is 9.48 Å². The summed E-state index contributed by atoms with van der Waals surface area (Å²) in [5, 5.41) is 13.2. The van der Waals surface area contributed by atoms with Gasteiger partial charge in [-0.1, -0.05) is 24.2 Å². The Morgan fingerprint density at radius 3 is 2.69 bits per heavy atom. The van der Waals surface area contributed by atoms with Crippen molar-refractivity contribution in [3.05, 3.63) is 78.5 Å². The van der Waals surface area contributed by atoms with E-state index in [1.54, 1.807) is 48.5 Å². The molecule has 4 rings (SSSR count). The maximum absolute atomic E-state index is 14.7. The Labute approximate surface area is 205 Å². The van der Waals surface area contributed by atoms with Crippen molar-refractivity contribution in [1.82, 2.24) is 19.7 Å². The lowest BCUT2D eigenvalue weighted by atomic mass is 10.1. The second kappa shape index (κ2) is 10.2. The topological polar surface area (TPSA) is 106 Å². The monoisotopic (exact) mass is 493 g/mol. The van der Waals surface area contributed by atoms with E-state index in [2.05, 4.69) is 37.6 Å². The summed E-state index contributed by atoms with van der Waals surface area (Å²) < 4.78 is 21.6. The number of aromatic nitrogens is 4. The fourth-order valence-corrected chi connectivity index (χ4v) is 3.47. The zero-order valence-corrected chi connectivity index (χ0v) is 19.6. The van der Waals surface area contributed by atoms with Crippen molar-refractivity contribution < 1.29 is 13.9 Å². The van der Waals surface area contributed by atoms with Gasteiger partial charge in [0, 0.05) is 30.7 Å². The molecule has 11 heteroatoms. The number of rotatable bonds is 8. The minimum atomic E-state index is -0.541. The number of methoxy groups -OCH3 is 1. The average molecular weight is 494 g/mol. The van der Waals surface area contributed by atoms with Crippen molar-refractivity contribution in [2.45, 2.75) is 0 Å². The first-order chi connectivity index (χ1) is 16.9. The van der Waals surface area contributed by atoms with Gasteiger partial charge in [-0.15, -0.1) is 0 Å². The number of hydrogen-bond donors (Lipinski definition) is 3. The highest BCUT2D eigenvalue weighted by Gasteiger charge is 2.15. The van der Waals surface area contributed by atoms with E-state index in [1.165, 1.54) is 25.3 Å². The largest absolute Gasteiger partial charge is 0.495 e. The third-order valence-electron chi connectivity index (χ3n) is 4.88. The van der Waals surface area contributed by atoms with Crippen molar-refractivity contribution in [1.29, 1.82) is 0 Å². The third kappa shape index (κ3) is 5.56. The molecule has 0 bridgehead atoms. The second-order valence-corrected chi connectivity index (χ2v) is 7.75. The van der Waals surface area contributed by atoms with E-state index in [-0.39, 0.29) is 11.6 Å². The van der Waals surface area contributed by atoms with Gasteiger partial charge in [-0.25, -0.2) is 9.37 Å². The number of ether oxygens (including phenoxy) is 1. The number of hydrogen-bond acceptors (Lipinski definition) is 7. The third-order valence-corrected chi connectivity index (χ3v) is 5.18. The Hall–Kier alpha value is -4.44. The van der Waals surface area contributed by atoms with E-state index in [0.29, 0.717) is 39.1 Å². The van der Waals surface area contributed by atoms with Crippen LogP contribution in [0.1, 0.15) is 0 Å². The first-order valence-corrected chi connectivity index (χ1v) is 10.7. The summed E-state index contributed by atoms with van der Waals surface area (Å²) in [6.07, 6.45) is 6.11. The second-order valence-electron chi connectivity index (χ2n) is 7.35. The molecule has 0 radical (unpaired) electrons. The Kier molecular flexibility index (Phi) is 6.93. The molecule has 0 aliphatic heterocycles.